The van der Waals surface area contributed by atoms with Crippen molar-refractivity contribution >= 4 is 14.3 Å². The standard InChI is InChI=1S/C16H32O3Si/c1-5-8-13-20(18-4,14-9-6-2)15-11-10-12-19-16(17)7-3/h7H,3,5-6,8-15H2,1-2,4H3. The van der Waals surface area contributed by atoms with E-state index in [2.05, 4.69) is 20.4 Å². The molecule has 0 amide bonds. The fraction of sp³-hybridized carbons (Fsp3) is 0.812. The summed E-state index contributed by atoms with van der Waals surface area (Å²) in [4.78, 5) is 11.0. The molecule has 0 spiro atoms. The molecule has 0 aliphatic carbocycles. The zero-order chi connectivity index (χ0) is 15.3. The number of rotatable bonds is 13. The summed E-state index contributed by atoms with van der Waals surface area (Å²) in [7, 11) is 0.341. The Hall–Kier alpha value is -0.613. The van der Waals surface area contributed by atoms with E-state index in [0.717, 1.165) is 12.8 Å². The first-order valence-corrected chi connectivity index (χ1v) is 10.5. The van der Waals surface area contributed by atoms with Crippen molar-refractivity contribution in [3.63, 3.8) is 0 Å². The molecule has 0 unspecified atom stereocenters. The average Bonchev–Trinajstić information content (AvgIpc) is 2.48. The van der Waals surface area contributed by atoms with Gasteiger partial charge >= 0.3 is 5.97 Å². The van der Waals surface area contributed by atoms with Crippen LogP contribution in [0.1, 0.15) is 52.4 Å². The smallest absolute Gasteiger partial charge is 0.330 e. The third kappa shape index (κ3) is 8.54. The Kier molecular flexibility index (Phi) is 11.8. The van der Waals surface area contributed by atoms with Crippen LogP contribution in [0.25, 0.3) is 0 Å². The highest BCUT2D eigenvalue weighted by atomic mass is 28.4. The monoisotopic (exact) mass is 300 g/mol. The van der Waals surface area contributed by atoms with Gasteiger partial charge in [0.15, 0.2) is 8.32 Å². The second-order valence-electron chi connectivity index (χ2n) is 5.42. The number of unbranched alkanes of at least 4 members (excludes halogenated alkanes) is 3. The van der Waals surface area contributed by atoms with Gasteiger partial charge in [-0.25, -0.2) is 4.79 Å². The predicted octanol–water partition coefficient (Wildman–Crippen LogP) is 4.69. The highest BCUT2D eigenvalue weighted by Gasteiger charge is 2.31. The summed E-state index contributed by atoms with van der Waals surface area (Å²) in [5, 5.41) is 0. The minimum Gasteiger partial charge on any atom is -0.463 e. The summed E-state index contributed by atoms with van der Waals surface area (Å²) in [6.45, 7) is 8.37. The zero-order valence-corrected chi connectivity index (χ0v) is 14.6. The number of carbonyl (C=O) groups excluding carboxylic acids is 1. The van der Waals surface area contributed by atoms with Gasteiger partial charge in [0, 0.05) is 13.2 Å². The van der Waals surface area contributed by atoms with Crippen molar-refractivity contribution in [2.75, 3.05) is 13.7 Å². The molecule has 0 aromatic carbocycles. The molecular formula is C16H32O3Si. The van der Waals surface area contributed by atoms with E-state index in [-0.39, 0.29) is 5.97 Å². The minimum atomic E-state index is -1.56. The van der Waals surface area contributed by atoms with Crippen LogP contribution in [-0.4, -0.2) is 28.0 Å². The largest absolute Gasteiger partial charge is 0.463 e. The van der Waals surface area contributed by atoms with Crippen molar-refractivity contribution < 1.29 is 14.0 Å². The molecule has 0 rings (SSSR count). The summed E-state index contributed by atoms with van der Waals surface area (Å²) >= 11 is 0. The zero-order valence-electron chi connectivity index (χ0n) is 13.6. The number of ether oxygens (including phenoxy) is 1. The molecule has 0 saturated heterocycles. The number of esters is 1. The van der Waals surface area contributed by atoms with Gasteiger partial charge in [-0.15, -0.1) is 0 Å². The lowest BCUT2D eigenvalue weighted by molar-refractivity contribution is -0.137. The second-order valence-corrected chi connectivity index (χ2v) is 9.70. The second kappa shape index (κ2) is 12.2. The molecule has 0 bridgehead atoms. The van der Waals surface area contributed by atoms with Gasteiger partial charge in [-0.2, -0.15) is 0 Å². The van der Waals surface area contributed by atoms with Crippen LogP contribution in [0, 0.1) is 0 Å². The molecule has 0 heterocycles. The Labute approximate surface area is 125 Å². The Morgan fingerprint density at radius 2 is 1.60 bits per heavy atom. The highest BCUT2D eigenvalue weighted by molar-refractivity contribution is 6.73. The van der Waals surface area contributed by atoms with Gasteiger partial charge in [0.1, 0.15) is 0 Å². The van der Waals surface area contributed by atoms with Crippen LogP contribution < -0.4 is 0 Å². The van der Waals surface area contributed by atoms with E-state index in [4.69, 9.17) is 9.16 Å². The topological polar surface area (TPSA) is 35.5 Å². The van der Waals surface area contributed by atoms with Crippen LogP contribution in [0.5, 0.6) is 0 Å². The molecule has 0 aromatic heterocycles. The molecule has 0 fully saturated rings. The average molecular weight is 301 g/mol. The normalized spacial score (nSPS) is 11.3. The molecule has 0 aromatic rings. The Bertz CT molecular complexity index is 258. The first-order valence-electron chi connectivity index (χ1n) is 7.98. The summed E-state index contributed by atoms with van der Waals surface area (Å²) in [5.74, 6) is -0.322. The molecule has 118 valence electrons. The van der Waals surface area contributed by atoms with E-state index in [1.54, 1.807) is 0 Å². The lowest BCUT2D eigenvalue weighted by atomic mass is 10.3. The van der Waals surface area contributed by atoms with E-state index in [9.17, 15) is 4.79 Å². The molecule has 20 heavy (non-hydrogen) atoms. The van der Waals surface area contributed by atoms with Crippen molar-refractivity contribution in [2.45, 2.75) is 70.5 Å². The van der Waals surface area contributed by atoms with Gasteiger partial charge in [-0.3, -0.25) is 0 Å². The molecule has 0 aliphatic heterocycles. The third-order valence-electron chi connectivity index (χ3n) is 3.84. The van der Waals surface area contributed by atoms with Crippen LogP contribution in [0.4, 0.5) is 0 Å². The first kappa shape index (κ1) is 19.4. The predicted molar refractivity (Wildman–Crippen MR) is 87.4 cm³/mol. The van der Waals surface area contributed by atoms with E-state index >= 15 is 0 Å². The van der Waals surface area contributed by atoms with Crippen molar-refractivity contribution in [3.05, 3.63) is 12.7 Å². The third-order valence-corrected chi connectivity index (χ3v) is 8.50. The maximum atomic E-state index is 11.0. The van der Waals surface area contributed by atoms with Crippen molar-refractivity contribution in [2.24, 2.45) is 0 Å². The van der Waals surface area contributed by atoms with Crippen LogP contribution in [0.3, 0.4) is 0 Å². The van der Waals surface area contributed by atoms with Crippen molar-refractivity contribution in [3.8, 4) is 0 Å². The highest BCUT2D eigenvalue weighted by Crippen LogP contribution is 2.28. The van der Waals surface area contributed by atoms with E-state index in [1.165, 1.54) is 49.9 Å². The van der Waals surface area contributed by atoms with Crippen molar-refractivity contribution in [1.82, 2.24) is 0 Å². The molecular weight excluding hydrogens is 268 g/mol. The molecule has 0 aliphatic rings. The van der Waals surface area contributed by atoms with E-state index in [1.807, 2.05) is 7.11 Å². The lowest BCUT2D eigenvalue weighted by Crippen LogP contribution is -2.36. The Morgan fingerprint density at radius 3 is 2.05 bits per heavy atom. The van der Waals surface area contributed by atoms with Crippen LogP contribution in [-0.2, 0) is 14.0 Å². The van der Waals surface area contributed by atoms with Gasteiger partial charge in [-0.1, -0.05) is 52.5 Å². The fourth-order valence-corrected chi connectivity index (χ4v) is 6.71. The van der Waals surface area contributed by atoms with Gasteiger partial charge < -0.3 is 9.16 Å². The SMILES string of the molecule is C=CC(=O)OCCCC[Si](CCCC)(CCCC)OC. The number of hydrogen-bond acceptors (Lipinski definition) is 3. The quantitative estimate of drug-likeness (QED) is 0.214. The van der Waals surface area contributed by atoms with Gasteiger partial charge in [0.2, 0.25) is 0 Å². The maximum absolute atomic E-state index is 11.0. The Morgan fingerprint density at radius 1 is 1.05 bits per heavy atom. The lowest BCUT2D eigenvalue weighted by Gasteiger charge is -2.30. The van der Waals surface area contributed by atoms with E-state index < -0.39 is 8.32 Å². The summed E-state index contributed by atoms with van der Waals surface area (Å²) in [6, 6.07) is 3.73. The molecule has 0 radical (unpaired) electrons. The van der Waals surface area contributed by atoms with Crippen LogP contribution in [0.15, 0.2) is 12.7 Å². The van der Waals surface area contributed by atoms with Gasteiger partial charge in [0.05, 0.1) is 6.61 Å². The summed E-state index contributed by atoms with van der Waals surface area (Å²) in [5.41, 5.74) is 0. The van der Waals surface area contributed by atoms with Crippen LogP contribution in [0.2, 0.25) is 18.1 Å². The minimum absolute atomic E-state index is 0.322. The number of hydrogen-bond donors (Lipinski definition) is 0. The number of carbonyl (C=O) groups is 1. The molecule has 0 atom stereocenters. The van der Waals surface area contributed by atoms with Gasteiger partial charge in [-0.05, 0) is 24.6 Å². The Balaban J connectivity index is 4.12. The first-order chi connectivity index (χ1) is 9.64. The van der Waals surface area contributed by atoms with Gasteiger partial charge in [0.25, 0.3) is 0 Å². The molecule has 4 heteroatoms. The molecule has 3 nitrogen and oxygen atoms in total. The maximum Gasteiger partial charge on any atom is 0.330 e. The van der Waals surface area contributed by atoms with Crippen molar-refractivity contribution in [1.29, 1.82) is 0 Å². The fourth-order valence-electron chi connectivity index (χ4n) is 2.46. The van der Waals surface area contributed by atoms with E-state index in [0.29, 0.717) is 6.61 Å². The van der Waals surface area contributed by atoms with Crippen LogP contribution >= 0.6 is 0 Å². The molecule has 0 N–H and O–H groups in total. The molecule has 0 saturated carbocycles. The summed E-state index contributed by atoms with van der Waals surface area (Å²) < 4.78 is 11.0. The summed E-state index contributed by atoms with van der Waals surface area (Å²) in [6.07, 6.45) is 8.26.